The third-order valence-corrected chi connectivity index (χ3v) is 4.39. The molecular formula is C17H20N4O2. The Kier molecular flexibility index (Phi) is 3.90. The smallest absolute Gasteiger partial charge is 0.274 e. The molecule has 1 aliphatic rings. The van der Waals surface area contributed by atoms with Crippen molar-refractivity contribution in [2.45, 2.75) is 13.8 Å². The second-order valence-corrected chi connectivity index (χ2v) is 6.14. The standard InChI is InChI=1S/C17H20N4O2/c1-11-8-20(10-14(11)16(18)22)17(23)15-12(2)9-21(19-15)13-6-4-3-5-7-13/h3-7,9,11,14H,8,10H2,1-2H3,(H2,18,22)/t11-,14-/m1/s1. The quantitative estimate of drug-likeness (QED) is 0.929. The van der Waals surface area contributed by atoms with E-state index in [1.165, 1.54) is 0 Å². The van der Waals surface area contributed by atoms with Gasteiger partial charge in [-0.1, -0.05) is 25.1 Å². The van der Waals surface area contributed by atoms with E-state index in [4.69, 9.17) is 5.73 Å². The van der Waals surface area contributed by atoms with Crippen molar-refractivity contribution in [2.75, 3.05) is 13.1 Å². The summed E-state index contributed by atoms with van der Waals surface area (Å²) in [6, 6.07) is 9.64. The van der Waals surface area contributed by atoms with Crippen LogP contribution in [0.15, 0.2) is 36.5 Å². The SMILES string of the molecule is Cc1cn(-c2ccccc2)nc1C(=O)N1C[C@@H](C)[C@H](C(N)=O)C1. The monoisotopic (exact) mass is 312 g/mol. The minimum absolute atomic E-state index is 0.0768. The first-order valence-corrected chi connectivity index (χ1v) is 7.67. The summed E-state index contributed by atoms with van der Waals surface area (Å²) in [6.07, 6.45) is 1.84. The molecule has 0 unspecified atom stereocenters. The number of primary amides is 1. The van der Waals surface area contributed by atoms with Gasteiger partial charge >= 0.3 is 0 Å². The van der Waals surface area contributed by atoms with Gasteiger partial charge in [0.15, 0.2) is 5.69 Å². The predicted octanol–water partition coefficient (Wildman–Crippen LogP) is 1.37. The predicted molar refractivity (Wildman–Crippen MR) is 86.1 cm³/mol. The highest BCUT2D eigenvalue weighted by atomic mass is 16.2. The van der Waals surface area contributed by atoms with Gasteiger partial charge in [0.25, 0.3) is 5.91 Å². The highest BCUT2D eigenvalue weighted by molar-refractivity contribution is 5.94. The van der Waals surface area contributed by atoms with Crippen molar-refractivity contribution in [1.29, 1.82) is 0 Å². The minimum atomic E-state index is -0.348. The summed E-state index contributed by atoms with van der Waals surface area (Å²) in [7, 11) is 0. The van der Waals surface area contributed by atoms with Gasteiger partial charge in [-0.15, -0.1) is 0 Å². The van der Waals surface area contributed by atoms with Gasteiger partial charge in [0.2, 0.25) is 5.91 Å². The van der Waals surface area contributed by atoms with Crippen LogP contribution in [0.1, 0.15) is 23.0 Å². The third-order valence-electron chi connectivity index (χ3n) is 4.39. The molecule has 2 aromatic rings. The maximum atomic E-state index is 12.7. The first-order valence-electron chi connectivity index (χ1n) is 7.67. The van der Waals surface area contributed by atoms with E-state index in [2.05, 4.69) is 5.10 Å². The highest BCUT2D eigenvalue weighted by Gasteiger charge is 2.37. The van der Waals surface area contributed by atoms with Gasteiger partial charge in [-0.3, -0.25) is 9.59 Å². The molecule has 1 aromatic carbocycles. The Morgan fingerprint density at radius 2 is 1.91 bits per heavy atom. The van der Waals surface area contributed by atoms with E-state index < -0.39 is 0 Å². The molecule has 1 saturated heterocycles. The number of hydrogen-bond acceptors (Lipinski definition) is 3. The minimum Gasteiger partial charge on any atom is -0.369 e. The maximum absolute atomic E-state index is 12.7. The summed E-state index contributed by atoms with van der Waals surface area (Å²) in [5.74, 6) is -0.699. The van der Waals surface area contributed by atoms with Crippen molar-refractivity contribution in [3.05, 3.63) is 47.8 Å². The van der Waals surface area contributed by atoms with E-state index in [1.54, 1.807) is 9.58 Å². The fourth-order valence-electron chi connectivity index (χ4n) is 3.04. The molecule has 2 atom stereocenters. The first-order chi connectivity index (χ1) is 11.0. The van der Waals surface area contributed by atoms with Crippen molar-refractivity contribution < 1.29 is 9.59 Å². The molecule has 0 spiro atoms. The number of para-hydroxylation sites is 1. The van der Waals surface area contributed by atoms with Gasteiger partial charge in [0, 0.05) is 24.8 Å². The van der Waals surface area contributed by atoms with Gasteiger partial charge in [0.1, 0.15) is 0 Å². The first kappa shape index (κ1) is 15.3. The van der Waals surface area contributed by atoms with Crippen LogP contribution in [0.3, 0.4) is 0 Å². The Labute approximate surface area is 134 Å². The van der Waals surface area contributed by atoms with Crippen LogP contribution in [-0.4, -0.2) is 39.6 Å². The maximum Gasteiger partial charge on any atom is 0.274 e. The van der Waals surface area contributed by atoms with E-state index in [-0.39, 0.29) is 23.7 Å². The van der Waals surface area contributed by atoms with Crippen LogP contribution in [0.25, 0.3) is 5.69 Å². The number of aromatic nitrogens is 2. The van der Waals surface area contributed by atoms with Crippen LogP contribution in [0.2, 0.25) is 0 Å². The number of nitrogens with two attached hydrogens (primary N) is 1. The Balaban J connectivity index is 1.84. The van der Waals surface area contributed by atoms with Crippen molar-refractivity contribution in [3.8, 4) is 5.69 Å². The molecule has 1 aliphatic heterocycles. The summed E-state index contributed by atoms with van der Waals surface area (Å²) in [4.78, 5) is 25.8. The number of benzene rings is 1. The summed E-state index contributed by atoms with van der Waals surface area (Å²) >= 11 is 0. The van der Waals surface area contributed by atoms with Crippen LogP contribution in [0.5, 0.6) is 0 Å². The fraction of sp³-hybridized carbons (Fsp3) is 0.353. The van der Waals surface area contributed by atoms with E-state index in [0.717, 1.165) is 11.3 Å². The van der Waals surface area contributed by atoms with Crippen molar-refractivity contribution >= 4 is 11.8 Å². The Morgan fingerprint density at radius 3 is 2.52 bits per heavy atom. The normalized spacial score (nSPS) is 20.7. The number of amides is 2. The molecule has 0 saturated carbocycles. The molecule has 6 nitrogen and oxygen atoms in total. The highest BCUT2D eigenvalue weighted by Crippen LogP contribution is 2.25. The average Bonchev–Trinajstić information content (AvgIpc) is 3.11. The number of hydrogen-bond donors (Lipinski definition) is 1. The zero-order valence-electron chi connectivity index (χ0n) is 13.3. The lowest BCUT2D eigenvalue weighted by molar-refractivity contribution is -0.122. The van der Waals surface area contributed by atoms with Crippen LogP contribution in [0.4, 0.5) is 0 Å². The largest absolute Gasteiger partial charge is 0.369 e. The lowest BCUT2D eigenvalue weighted by Gasteiger charge is -2.14. The summed E-state index contributed by atoms with van der Waals surface area (Å²) < 4.78 is 1.70. The number of likely N-dealkylation sites (tertiary alicyclic amines) is 1. The van der Waals surface area contributed by atoms with E-state index in [0.29, 0.717) is 18.8 Å². The molecule has 3 rings (SSSR count). The van der Waals surface area contributed by atoms with Gasteiger partial charge in [-0.2, -0.15) is 5.10 Å². The summed E-state index contributed by atoms with van der Waals surface area (Å²) in [6.45, 7) is 4.71. The average molecular weight is 312 g/mol. The van der Waals surface area contributed by atoms with Crippen LogP contribution in [0, 0.1) is 18.8 Å². The van der Waals surface area contributed by atoms with Crippen molar-refractivity contribution in [1.82, 2.24) is 14.7 Å². The van der Waals surface area contributed by atoms with E-state index in [1.807, 2.05) is 50.4 Å². The Morgan fingerprint density at radius 1 is 1.22 bits per heavy atom. The van der Waals surface area contributed by atoms with Crippen molar-refractivity contribution in [3.63, 3.8) is 0 Å². The third kappa shape index (κ3) is 2.84. The molecule has 2 N–H and O–H groups in total. The van der Waals surface area contributed by atoms with E-state index >= 15 is 0 Å². The zero-order valence-corrected chi connectivity index (χ0v) is 13.3. The van der Waals surface area contributed by atoms with Gasteiger partial charge < -0.3 is 10.6 Å². The van der Waals surface area contributed by atoms with Crippen LogP contribution < -0.4 is 5.73 Å². The van der Waals surface area contributed by atoms with Gasteiger partial charge in [-0.05, 0) is 25.0 Å². The summed E-state index contributed by atoms with van der Waals surface area (Å²) in [5, 5.41) is 4.43. The van der Waals surface area contributed by atoms with Crippen molar-refractivity contribution in [2.24, 2.45) is 17.6 Å². The lowest BCUT2D eigenvalue weighted by atomic mass is 9.98. The second-order valence-electron chi connectivity index (χ2n) is 6.14. The van der Waals surface area contributed by atoms with E-state index in [9.17, 15) is 9.59 Å². The molecule has 1 fully saturated rings. The molecule has 2 heterocycles. The molecule has 0 bridgehead atoms. The molecule has 1 aromatic heterocycles. The number of carbonyl (C=O) groups is 2. The molecule has 6 heteroatoms. The molecular weight excluding hydrogens is 292 g/mol. The van der Waals surface area contributed by atoms with Crippen LogP contribution >= 0.6 is 0 Å². The molecule has 0 aliphatic carbocycles. The topological polar surface area (TPSA) is 81.2 Å². The Bertz CT molecular complexity index is 738. The molecule has 23 heavy (non-hydrogen) atoms. The zero-order chi connectivity index (χ0) is 16.6. The molecule has 0 radical (unpaired) electrons. The fourth-order valence-corrected chi connectivity index (χ4v) is 3.04. The Hall–Kier alpha value is -2.63. The van der Waals surface area contributed by atoms with Crippen LogP contribution in [-0.2, 0) is 4.79 Å². The van der Waals surface area contributed by atoms with Gasteiger partial charge in [0.05, 0.1) is 11.6 Å². The summed E-state index contributed by atoms with van der Waals surface area (Å²) in [5.41, 5.74) is 7.54. The number of aryl methyl sites for hydroxylation is 1. The number of nitrogens with zero attached hydrogens (tertiary/aromatic N) is 3. The number of rotatable bonds is 3. The molecule has 2 amide bonds. The van der Waals surface area contributed by atoms with Gasteiger partial charge in [-0.25, -0.2) is 4.68 Å². The molecule has 120 valence electrons. The number of carbonyl (C=O) groups excluding carboxylic acids is 2. The second kappa shape index (κ2) is 5.87. The lowest BCUT2D eigenvalue weighted by Crippen LogP contribution is -2.32.